The number of hydrogen-bond acceptors (Lipinski definition) is 2. The number of fused-ring (bicyclic) bond motifs is 1. The van der Waals surface area contributed by atoms with Crippen molar-refractivity contribution in [3.05, 3.63) is 0 Å². The third kappa shape index (κ3) is 0.944. The molecule has 1 unspecified atom stereocenters. The number of ether oxygens (including phenoxy) is 2. The Hall–Kier alpha value is -0.0800. The lowest BCUT2D eigenvalue weighted by molar-refractivity contribution is 0.00800. The van der Waals surface area contributed by atoms with Gasteiger partial charge in [0.2, 0.25) is 0 Å². The van der Waals surface area contributed by atoms with Crippen LogP contribution in [0.5, 0.6) is 0 Å². The SMILES string of the molecule is COC[C@@]12C[C@@H]1[C@@H](C)CC2OC. The van der Waals surface area contributed by atoms with Crippen molar-refractivity contribution in [1.29, 1.82) is 0 Å². The highest BCUT2D eigenvalue weighted by molar-refractivity contribution is 5.14. The standard InChI is InChI=1S/C10H18O2/c1-7-4-9(12-3)10(6-11-2)5-8(7)10/h7-9H,4-6H2,1-3H3/t7-,8+,9?,10-/m0/s1. The van der Waals surface area contributed by atoms with E-state index in [4.69, 9.17) is 9.47 Å². The molecule has 2 aliphatic carbocycles. The molecule has 2 aliphatic rings. The molecule has 0 spiro atoms. The average Bonchev–Trinajstić information content (AvgIpc) is 2.71. The van der Waals surface area contributed by atoms with Gasteiger partial charge in [0, 0.05) is 19.6 Å². The summed E-state index contributed by atoms with van der Waals surface area (Å²) in [7, 11) is 3.62. The Bertz CT molecular complexity index is 181. The van der Waals surface area contributed by atoms with Crippen molar-refractivity contribution in [2.75, 3.05) is 20.8 Å². The summed E-state index contributed by atoms with van der Waals surface area (Å²) in [6.07, 6.45) is 3.00. The Morgan fingerprint density at radius 3 is 2.67 bits per heavy atom. The molecular weight excluding hydrogens is 152 g/mol. The smallest absolute Gasteiger partial charge is 0.0655 e. The minimum Gasteiger partial charge on any atom is -0.384 e. The molecular formula is C10H18O2. The summed E-state index contributed by atoms with van der Waals surface area (Å²) in [6, 6.07) is 0. The second-order valence-electron chi connectivity index (χ2n) is 4.41. The van der Waals surface area contributed by atoms with Crippen LogP contribution in [-0.4, -0.2) is 26.9 Å². The third-order valence-corrected chi connectivity index (χ3v) is 3.79. The predicted octanol–water partition coefficient (Wildman–Crippen LogP) is 1.69. The molecule has 0 radical (unpaired) electrons. The molecule has 70 valence electrons. The first-order valence-corrected chi connectivity index (χ1v) is 4.76. The fourth-order valence-corrected chi connectivity index (χ4v) is 3.08. The zero-order chi connectivity index (χ0) is 8.77. The minimum absolute atomic E-state index is 0.406. The highest BCUT2D eigenvalue weighted by Crippen LogP contribution is 2.66. The average molecular weight is 170 g/mol. The fraction of sp³-hybridized carbons (Fsp3) is 1.00. The Labute approximate surface area is 74.2 Å². The van der Waals surface area contributed by atoms with Crippen LogP contribution in [0.3, 0.4) is 0 Å². The molecule has 0 aromatic carbocycles. The highest BCUT2D eigenvalue weighted by atomic mass is 16.5. The zero-order valence-electron chi connectivity index (χ0n) is 8.17. The monoisotopic (exact) mass is 170 g/mol. The van der Waals surface area contributed by atoms with Gasteiger partial charge in [-0.2, -0.15) is 0 Å². The zero-order valence-corrected chi connectivity index (χ0v) is 8.17. The first-order valence-electron chi connectivity index (χ1n) is 4.76. The van der Waals surface area contributed by atoms with E-state index in [0.29, 0.717) is 11.5 Å². The van der Waals surface area contributed by atoms with E-state index >= 15 is 0 Å². The van der Waals surface area contributed by atoms with Crippen molar-refractivity contribution in [1.82, 2.24) is 0 Å². The van der Waals surface area contributed by atoms with E-state index in [9.17, 15) is 0 Å². The van der Waals surface area contributed by atoms with Gasteiger partial charge in [-0.3, -0.25) is 0 Å². The summed E-state index contributed by atoms with van der Waals surface area (Å²) in [5.74, 6) is 1.72. The second kappa shape index (κ2) is 2.71. The van der Waals surface area contributed by atoms with E-state index in [-0.39, 0.29) is 0 Å². The fourth-order valence-electron chi connectivity index (χ4n) is 3.08. The Morgan fingerprint density at radius 1 is 1.42 bits per heavy atom. The van der Waals surface area contributed by atoms with Gasteiger partial charge >= 0.3 is 0 Å². The van der Waals surface area contributed by atoms with E-state index in [1.807, 2.05) is 7.11 Å². The summed E-state index contributed by atoms with van der Waals surface area (Å²) in [5.41, 5.74) is 0.406. The van der Waals surface area contributed by atoms with Gasteiger partial charge < -0.3 is 9.47 Å². The molecule has 0 saturated heterocycles. The van der Waals surface area contributed by atoms with Crippen molar-refractivity contribution in [2.24, 2.45) is 17.3 Å². The van der Waals surface area contributed by atoms with E-state index in [1.165, 1.54) is 12.8 Å². The van der Waals surface area contributed by atoms with Crippen LogP contribution < -0.4 is 0 Å². The molecule has 0 aromatic rings. The first kappa shape index (κ1) is 8.52. The Balaban J connectivity index is 2.07. The van der Waals surface area contributed by atoms with Crippen LogP contribution in [0.15, 0.2) is 0 Å². The van der Waals surface area contributed by atoms with Gasteiger partial charge in [0.05, 0.1) is 12.7 Å². The van der Waals surface area contributed by atoms with Crippen LogP contribution in [0.2, 0.25) is 0 Å². The van der Waals surface area contributed by atoms with Crippen LogP contribution in [0.25, 0.3) is 0 Å². The number of hydrogen-bond donors (Lipinski definition) is 0. The summed E-state index contributed by atoms with van der Waals surface area (Å²) >= 11 is 0. The van der Waals surface area contributed by atoms with Crippen LogP contribution in [0.4, 0.5) is 0 Å². The normalized spacial score (nSPS) is 50.8. The largest absolute Gasteiger partial charge is 0.384 e. The van der Waals surface area contributed by atoms with Gasteiger partial charge in [-0.1, -0.05) is 6.92 Å². The van der Waals surface area contributed by atoms with Crippen molar-refractivity contribution in [3.8, 4) is 0 Å². The van der Waals surface area contributed by atoms with Gasteiger partial charge in [0.15, 0.2) is 0 Å². The summed E-state index contributed by atoms with van der Waals surface area (Å²) in [5, 5.41) is 0. The maximum atomic E-state index is 5.51. The van der Waals surface area contributed by atoms with Crippen molar-refractivity contribution >= 4 is 0 Å². The van der Waals surface area contributed by atoms with Crippen LogP contribution in [0.1, 0.15) is 19.8 Å². The number of rotatable bonds is 3. The van der Waals surface area contributed by atoms with E-state index in [0.717, 1.165) is 18.4 Å². The molecule has 0 amide bonds. The molecule has 2 heteroatoms. The van der Waals surface area contributed by atoms with Crippen molar-refractivity contribution < 1.29 is 9.47 Å². The van der Waals surface area contributed by atoms with Crippen LogP contribution in [0, 0.1) is 17.3 Å². The molecule has 0 heterocycles. The van der Waals surface area contributed by atoms with Crippen molar-refractivity contribution in [2.45, 2.75) is 25.9 Å². The predicted molar refractivity (Wildman–Crippen MR) is 47.0 cm³/mol. The molecule has 2 fully saturated rings. The van der Waals surface area contributed by atoms with Gasteiger partial charge in [0.1, 0.15) is 0 Å². The van der Waals surface area contributed by atoms with Gasteiger partial charge in [0.25, 0.3) is 0 Å². The second-order valence-corrected chi connectivity index (χ2v) is 4.41. The topological polar surface area (TPSA) is 18.5 Å². The van der Waals surface area contributed by atoms with Gasteiger partial charge in [-0.15, -0.1) is 0 Å². The molecule has 0 bridgehead atoms. The van der Waals surface area contributed by atoms with E-state index < -0.39 is 0 Å². The third-order valence-electron chi connectivity index (χ3n) is 3.79. The van der Waals surface area contributed by atoms with Crippen LogP contribution in [-0.2, 0) is 9.47 Å². The lowest BCUT2D eigenvalue weighted by Crippen LogP contribution is -2.25. The molecule has 12 heavy (non-hydrogen) atoms. The first-order chi connectivity index (χ1) is 5.74. The number of methoxy groups -OCH3 is 2. The Kier molecular flexibility index (Phi) is 1.92. The molecule has 2 saturated carbocycles. The lowest BCUT2D eigenvalue weighted by Gasteiger charge is -2.20. The summed E-state index contributed by atoms with van der Waals surface area (Å²) < 4.78 is 10.8. The minimum atomic E-state index is 0.406. The molecule has 4 atom stereocenters. The quantitative estimate of drug-likeness (QED) is 0.641. The molecule has 2 nitrogen and oxygen atoms in total. The Morgan fingerprint density at radius 2 is 2.17 bits per heavy atom. The maximum Gasteiger partial charge on any atom is 0.0655 e. The van der Waals surface area contributed by atoms with E-state index in [1.54, 1.807) is 7.11 Å². The van der Waals surface area contributed by atoms with E-state index in [2.05, 4.69) is 6.92 Å². The van der Waals surface area contributed by atoms with Crippen molar-refractivity contribution in [3.63, 3.8) is 0 Å². The molecule has 0 aromatic heterocycles. The summed E-state index contributed by atoms with van der Waals surface area (Å²) in [4.78, 5) is 0. The maximum absolute atomic E-state index is 5.51. The summed E-state index contributed by atoms with van der Waals surface area (Å²) in [6.45, 7) is 3.22. The highest BCUT2D eigenvalue weighted by Gasteiger charge is 2.66. The van der Waals surface area contributed by atoms with Gasteiger partial charge in [-0.05, 0) is 24.7 Å². The molecule has 0 N–H and O–H groups in total. The molecule has 0 aliphatic heterocycles. The van der Waals surface area contributed by atoms with Crippen LogP contribution >= 0.6 is 0 Å². The lowest BCUT2D eigenvalue weighted by atomic mass is 10.0. The van der Waals surface area contributed by atoms with Gasteiger partial charge in [-0.25, -0.2) is 0 Å². The molecule has 2 rings (SSSR count).